The smallest absolute Gasteiger partial charge is 0.232 e. The Hall–Kier alpha value is -1.89. The summed E-state index contributed by atoms with van der Waals surface area (Å²) in [4.78, 5) is 10.0. The summed E-state index contributed by atoms with van der Waals surface area (Å²) >= 11 is 0. The maximum Gasteiger partial charge on any atom is 0.232 e. The number of oxime groups is 1. The first-order valence-corrected chi connectivity index (χ1v) is 5.21. The Labute approximate surface area is 99.9 Å². The molecular formula is C10H17N5O2. The molecule has 0 saturated heterocycles. The standard InChI is InChI=1S/C10H17N5O2/c1-15(2)4-3-5-17-9-7-12-8(6-13-9)10(11)14-16/h6-7,16H,3-5H2,1-2H3,(H2,11,14). The van der Waals surface area contributed by atoms with Gasteiger partial charge in [-0.3, -0.25) is 0 Å². The normalized spacial score (nSPS) is 11.8. The Bertz CT molecular complexity index is 363. The Kier molecular flexibility index (Phi) is 5.15. The van der Waals surface area contributed by atoms with Crippen molar-refractivity contribution in [3.63, 3.8) is 0 Å². The zero-order chi connectivity index (χ0) is 12.7. The van der Waals surface area contributed by atoms with Gasteiger partial charge in [0.1, 0.15) is 5.69 Å². The molecule has 0 spiro atoms. The largest absolute Gasteiger partial charge is 0.477 e. The monoisotopic (exact) mass is 239 g/mol. The van der Waals surface area contributed by atoms with Crippen LogP contribution in [0.15, 0.2) is 17.5 Å². The Morgan fingerprint density at radius 1 is 1.47 bits per heavy atom. The minimum absolute atomic E-state index is 0.0725. The topological polar surface area (TPSA) is 96.9 Å². The molecule has 0 aliphatic carbocycles. The SMILES string of the molecule is CN(C)CCCOc1cnc(C(N)=NO)cn1. The lowest BCUT2D eigenvalue weighted by molar-refractivity contribution is 0.272. The highest BCUT2D eigenvalue weighted by molar-refractivity contribution is 5.94. The highest BCUT2D eigenvalue weighted by atomic mass is 16.5. The molecule has 7 nitrogen and oxygen atoms in total. The van der Waals surface area contributed by atoms with E-state index in [2.05, 4.69) is 20.0 Å². The Morgan fingerprint density at radius 2 is 2.24 bits per heavy atom. The summed E-state index contributed by atoms with van der Waals surface area (Å²) in [5, 5.41) is 11.3. The van der Waals surface area contributed by atoms with Gasteiger partial charge in [-0.1, -0.05) is 5.16 Å². The summed E-state index contributed by atoms with van der Waals surface area (Å²) < 4.78 is 5.38. The lowest BCUT2D eigenvalue weighted by atomic mass is 10.4. The minimum Gasteiger partial charge on any atom is -0.477 e. The number of aromatic nitrogens is 2. The van der Waals surface area contributed by atoms with E-state index in [0.29, 0.717) is 18.2 Å². The van der Waals surface area contributed by atoms with Crippen LogP contribution < -0.4 is 10.5 Å². The molecule has 0 atom stereocenters. The van der Waals surface area contributed by atoms with E-state index in [1.54, 1.807) is 0 Å². The van der Waals surface area contributed by atoms with Crippen LogP contribution in [0.5, 0.6) is 5.88 Å². The molecule has 0 aliphatic heterocycles. The average molecular weight is 239 g/mol. The highest BCUT2D eigenvalue weighted by Gasteiger charge is 2.02. The van der Waals surface area contributed by atoms with Crippen LogP contribution >= 0.6 is 0 Å². The number of ether oxygens (including phenoxy) is 1. The molecule has 0 aromatic carbocycles. The first kappa shape index (κ1) is 13.2. The number of hydrogen-bond donors (Lipinski definition) is 2. The summed E-state index contributed by atoms with van der Waals surface area (Å²) in [5.74, 6) is 0.356. The fraction of sp³-hybridized carbons (Fsp3) is 0.500. The number of nitrogens with zero attached hydrogens (tertiary/aromatic N) is 4. The van der Waals surface area contributed by atoms with Crippen LogP contribution in [-0.2, 0) is 0 Å². The van der Waals surface area contributed by atoms with E-state index in [4.69, 9.17) is 15.7 Å². The van der Waals surface area contributed by atoms with Crippen molar-refractivity contribution in [2.24, 2.45) is 10.9 Å². The number of amidine groups is 1. The molecule has 7 heteroatoms. The lowest BCUT2D eigenvalue weighted by Gasteiger charge is -2.09. The third kappa shape index (κ3) is 4.64. The molecule has 1 aromatic rings. The van der Waals surface area contributed by atoms with Gasteiger partial charge in [-0.25, -0.2) is 9.97 Å². The van der Waals surface area contributed by atoms with Gasteiger partial charge >= 0.3 is 0 Å². The fourth-order valence-electron chi connectivity index (χ4n) is 1.13. The van der Waals surface area contributed by atoms with Gasteiger partial charge in [-0.05, 0) is 20.5 Å². The van der Waals surface area contributed by atoms with Crippen molar-refractivity contribution < 1.29 is 9.94 Å². The van der Waals surface area contributed by atoms with Gasteiger partial charge in [0.15, 0.2) is 5.84 Å². The first-order valence-electron chi connectivity index (χ1n) is 5.21. The second kappa shape index (κ2) is 6.64. The van der Waals surface area contributed by atoms with E-state index in [0.717, 1.165) is 13.0 Å². The van der Waals surface area contributed by atoms with Crippen LogP contribution in [0.25, 0.3) is 0 Å². The van der Waals surface area contributed by atoms with E-state index >= 15 is 0 Å². The summed E-state index contributed by atoms with van der Waals surface area (Å²) in [7, 11) is 4.01. The molecule has 3 N–H and O–H groups in total. The molecule has 0 bridgehead atoms. The molecule has 17 heavy (non-hydrogen) atoms. The van der Waals surface area contributed by atoms with Gasteiger partial charge in [0, 0.05) is 6.54 Å². The molecular weight excluding hydrogens is 222 g/mol. The molecule has 0 saturated carbocycles. The quantitative estimate of drug-likeness (QED) is 0.236. The third-order valence-electron chi connectivity index (χ3n) is 2.00. The van der Waals surface area contributed by atoms with Gasteiger partial charge in [0.25, 0.3) is 0 Å². The van der Waals surface area contributed by atoms with Crippen molar-refractivity contribution in [1.82, 2.24) is 14.9 Å². The first-order chi connectivity index (χ1) is 8.13. The second-order valence-corrected chi connectivity index (χ2v) is 3.73. The van der Waals surface area contributed by atoms with Gasteiger partial charge in [-0.2, -0.15) is 0 Å². The minimum atomic E-state index is -0.0725. The molecule has 0 unspecified atom stereocenters. The van der Waals surface area contributed by atoms with Crippen molar-refractivity contribution in [1.29, 1.82) is 0 Å². The van der Waals surface area contributed by atoms with Gasteiger partial charge in [-0.15, -0.1) is 0 Å². The van der Waals surface area contributed by atoms with Crippen LogP contribution in [-0.4, -0.2) is 53.2 Å². The number of hydrogen-bond acceptors (Lipinski definition) is 6. The van der Waals surface area contributed by atoms with Crippen molar-refractivity contribution in [3.8, 4) is 5.88 Å². The molecule has 0 fully saturated rings. The maximum atomic E-state index is 8.44. The Morgan fingerprint density at radius 3 is 2.76 bits per heavy atom. The average Bonchev–Trinajstić information content (AvgIpc) is 2.34. The molecule has 1 aromatic heterocycles. The van der Waals surface area contributed by atoms with Crippen LogP contribution in [0.4, 0.5) is 0 Å². The lowest BCUT2D eigenvalue weighted by Crippen LogP contribution is -2.16. The highest BCUT2D eigenvalue weighted by Crippen LogP contribution is 2.04. The predicted molar refractivity (Wildman–Crippen MR) is 63.2 cm³/mol. The fourth-order valence-corrected chi connectivity index (χ4v) is 1.13. The molecule has 1 heterocycles. The van der Waals surface area contributed by atoms with E-state index in [-0.39, 0.29) is 5.84 Å². The number of nitrogens with two attached hydrogens (primary N) is 1. The van der Waals surface area contributed by atoms with Crippen LogP contribution in [0.1, 0.15) is 12.1 Å². The predicted octanol–water partition coefficient (Wildman–Crippen LogP) is -0.0984. The van der Waals surface area contributed by atoms with Crippen molar-refractivity contribution in [2.45, 2.75) is 6.42 Å². The second-order valence-electron chi connectivity index (χ2n) is 3.73. The summed E-state index contributed by atoms with van der Waals surface area (Å²) in [6, 6.07) is 0. The molecule has 94 valence electrons. The van der Waals surface area contributed by atoms with Crippen LogP contribution in [0, 0.1) is 0 Å². The van der Waals surface area contributed by atoms with Gasteiger partial charge in [0.2, 0.25) is 5.88 Å². The third-order valence-corrected chi connectivity index (χ3v) is 2.00. The van der Waals surface area contributed by atoms with E-state index < -0.39 is 0 Å². The van der Waals surface area contributed by atoms with Crippen molar-refractivity contribution >= 4 is 5.84 Å². The molecule has 0 aliphatic rings. The van der Waals surface area contributed by atoms with Crippen LogP contribution in [0.2, 0.25) is 0 Å². The molecule has 1 rings (SSSR count). The summed E-state index contributed by atoms with van der Waals surface area (Å²) in [6.45, 7) is 1.53. The van der Waals surface area contributed by atoms with E-state index in [1.165, 1.54) is 12.4 Å². The zero-order valence-corrected chi connectivity index (χ0v) is 10.00. The van der Waals surface area contributed by atoms with Crippen molar-refractivity contribution in [2.75, 3.05) is 27.2 Å². The summed E-state index contributed by atoms with van der Waals surface area (Å²) in [6.07, 6.45) is 3.76. The Balaban J connectivity index is 2.41. The number of rotatable bonds is 6. The summed E-state index contributed by atoms with van der Waals surface area (Å²) in [5.41, 5.74) is 5.66. The zero-order valence-electron chi connectivity index (χ0n) is 10.00. The van der Waals surface area contributed by atoms with Gasteiger partial charge in [0.05, 0.1) is 19.0 Å². The molecule has 0 amide bonds. The maximum absolute atomic E-state index is 8.44. The van der Waals surface area contributed by atoms with E-state index in [9.17, 15) is 0 Å². The van der Waals surface area contributed by atoms with Crippen LogP contribution in [0.3, 0.4) is 0 Å². The molecule has 0 radical (unpaired) electrons. The van der Waals surface area contributed by atoms with Crippen molar-refractivity contribution in [3.05, 3.63) is 18.1 Å². The van der Waals surface area contributed by atoms with E-state index in [1.807, 2.05) is 14.1 Å². The van der Waals surface area contributed by atoms with Gasteiger partial charge < -0.3 is 20.6 Å².